The van der Waals surface area contributed by atoms with Gasteiger partial charge in [-0.2, -0.15) is 13.2 Å². The van der Waals surface area contributed by atoms with Crippen molar-refractivity contribution in [1.29, 1.82) is 0 Å². The van der Waals surface area contributed by atoms with E-state index in [0.717, 1.165) is 6.07 Å². The number of benzene rings is 1. The molecular formula is C15H20F5N. The summed E-state index contributed by atoms with van der Waals surface area (Å²) in [5.41, 5.74) is 4.64. The maximum Gasteiger partial charge on any atom is 0.419 e. The van der Waals surface area contributed by atoms with E-state index in [0.29, 0.717) is 24.8 Å². The van der Waals surface area contributed by atoms with E-state index in [2.05, 4.69) is 0 Å². The van der Waals surface area contributed by atoms with Crippen molar-refractivity contribution in [2.45, 2.75) is 51.2 Å². The summed E-state index contributed by atoms with van der Waals surface area (Å²) in [7, 11) is 0. The largest absolute Gasteiger partial charge is 0.419 e. The van der Waals surface area contributed by atoms with Gasteiger partial charge in [-0.05, 0) is 42.4 Å². The third kappa shape index (κ3) is 4.95. The number of hydrogen-bond acceptors (Lipinski definition) is 1. The van der Waals surface area contributed by atoms with Gasteiger partial charge in [0.05, 0.1) is 5.56 Å². The highest BCUT2D eigenvalue weighted by atomic mass is 19.4. The van der Waals surface area contributed by atoms with Crippen molar-refractivity contribution in [2.24, 2.45) is 5.73 Å². The normalized spacial score (nSPS) is 13.8. The van der Waals surface area contributed by atoms with Crippen LogP contribution in [0.4, 0.5) is 22.0 Å². The summed E-state index contributed by atoms with van der Waals surface area (Å²) >= 11 is 0. The minimum Gasteiger partial charge on any atom is -0.325 e. The van der Waals surface area contributed by atoms with Crippen molar-refractivity contribution in [3.63, 3.8) is 0 Å². The summed E-state index contributed by atoms with van der Waals surface area (Å²) in [6.07, 6.45) is -3.56. The number of alkyl halides is 4. The molecule has 21 heavy (non-hydrogen) atoms. The average Bonchev–Trinajstić information content (AvgIpc) is 2.38. The van der Waals surface area contributed by atoms with Gasteiger partial charge < -0.3 is 5.73 Å². The first-order chi connectivity index (χ1) is 9.66. The first kappa shape index (κ1) is 17.9. The Morgan fingerprint density at radius 3 is 2.29 bits per heavy atom. The van der Waals surface area contributed by atoms with Crippen molar-refractivity contribution in [3.8, 4) is 0 Å². The molecule has 0 heterocycles. The maximum absolute atomic E-state index is 13.9. The number of hydrogen-bond donors (Lipinski definition) is 1. The van der Waals surface area contributed by atoms with Crippen LogP contribution in [0.25, 0.3) is 0 Å². The van der Waals surface area contributed by atoms with Crippen LogP contribution in [-0.4, -0.2) is 12.7 Å². The lowest BCUT2D eigenvalue weighted by Gasteiger charge is -2.16. The second-order valence-electron chi connectivity index (χ2n) is 5.51. The number of rotatable bonds is 6. The van der Waals surface area contributed by atoms with Gasteiger partial charge in [-0.15, -0.1) is 0 Å². The van der Waals surface area contributed by atoms with Gasteiger partial charge in [-0.25, -0.2) is 8.78 Å². The topological polar surface area (TPSA) is 26.0 Å². The Morgan fingerprint density at radius 1 is 1.19 bits per heavy atom. The summed E-state index contributed by atoms with van der Waals surface area (Å²) in [6, 6.07) is 1.69. The van der Waals surface area contributed by atoms with Crippen LogP contribution in [0.3, 0.4) is 0 Å². The Balaban J connectivity index is 3.02. The van der Waals surface area contributed by atoms with Gasteiger partial charge in [0.15, 0.2) is 0 Å². The van der Waals surface area contributed by atoms with Crippen LogP contribution >= 0.6 is 0 Å². The minimum absolute atomic E-state index is 0.0506. The van der Waals surface area contributed by atoms with Gasteiger partial charge in [0.25, 0.3) is 0 Å². The van der Waals surface area contributed by atoms with Crippen LogP contribution in [0.5, 0.6) is 0 Å². The molecule has 1 aromatic carbocycles. The molecule has 0 saturated heterocycles. The van der Waals surface area contributed by atoms with Gasteiger partial charge in [0.1, 0.15) is 12.5 Å². The molecule has 1 rings (SSSR count). The van der Waals surface area contributed by atoms with E-state index in [1.165, 1.54) is 6.07 Å². The lowest BCUT2D eigenvalue weighted by atomic mass is 9.94. The molecule has 0 saturated carbocycles. The molecule has 0 aliphatic rings. The lowest BCUT2D eigenvalue weighted by molar-refractivity contribution is -0.140. The Kier molecular flexibility index (Phi) is 6.13. The van der Waals surface area contributed by atoms with Crippen molar-refractivity contribution in [2.75, 3.05) is 6.67 Å². The monoisotopic (exact) mass is 309 g/mol. The Bertz CT molecular complexity index is 468. The van der Waals surface area contributed by atoms with Crippen molar-refractivity contribution < 1.29 is 22.0 Å². The van der Waals surface area contributed by atoms with Crippen LogP contribution in [0, 0.1) is 5.82 Å². The highest BCUT2D eigenvalue weighted by Gasteiger charge is 2.35. The fourth-order valence-electron chi connectivity index (χ4n) is 2.13. The Hall–Kier alpha value is -1.17. The molecule has 0 aliphatic carbocycles. The van der Waals surface area contributed by atoms with Gasteiger partial charge in [0.2, 0.25) is 0 Å². The first-order valence-corrected chi connectivity index (χ1v) is 6.87. The molecule has 0 amide bonds. The molecule has 120 valence electrons. The quantitative estimate of drug-likeness (QED) is 0.764. The van der Waals surface area contributed by atoms with Crippen LogP contribution in [0.2, 0.25) is 0 Å². The van der Waals surface area contributed by atoms with E-state index in [-0.39, 0.29) is 11.5 Å². The summed E-state index contributed by atoms with van der Waals surface area (Å²) in [4.78, 5) is 0. The van der Waals surface area contributed by atoms with Crippen LogP contribution in [0.1, 0.15) is 49.3 Å². The van der Waals surface area contributed by atoms with Gasteiger partial charge in [-0.3, -0.25) is 0 Å². The van der Waals surface area contributed by atoms with E-state index in [4.69, 9.17) is 5.73 Å². The summed E-state index contributed by atoms with van der Waals surface area (Å²) in [5, 5.41) is 0. The van der Waals surface area contributed by atoms with Crippen LogP contribution < -0.4 is 5.73 Å². The highest BCUT2D eigenvalue weighted by molar-refractivity contribution is 5.35. The van der Waals surface area contributed by atoms with Gasteiger partial charge in [-0.1, -0.05) is 19.9 Å². The van der Waals surface area contributed by atoms with E-state index in [9.17, 15) is 22.0 Å². The fraction of sp³-hybridized carbons (Fsp3) is 0.600. The average molecular weight is 309 g/mol. The highest BCUT2D eigenvalue weighted by Crippen LogP contribution is 2.35. The summed E-state index contributed by atoms with van der Waals surface area (Å²) < 4.78 is 64.7. The zero-order valence-electron chi connectivity index (χ0n) is 12.1. The zero-order valence-corrected chi connectivity index (χ0v) is 12.1. The lowest BCUT2D eigenvalue weighted by Crippen LogP contribution is -2.22. The molecule has 2 N–H and O–H groups in total. The predicted molar refractivity (Wildman–Crippen MR) is 72.4 cm³/mol. The zero-order chi connectivity index (χ0) is 16.2. The molecule has 0 bridgehead atoms. The summed E-state index contributed by atoms with van der Waals surface area (Å²) in [6.45, 7) is 2.62. The number of halogens is 5. The van der Waals surface area contributed by atoms with E-state index in [1.807, 2.05) is 0 Å². The summed E-state index contributed by atoms with van der Waals surface area (Å²) in [5.74, 6) is -1.55. The van der Waals surface area contributed by atoms with E-state index < -0.39 is 30.3 Å². The molecular weight excluding hydrogens is 289 g/mol. The first-order valence-electron chi connectivity index (χ1n) is 6.87. The molecule has 0 unspecified atom stereocenters. The predicted octanol–water partition coefficient (Wildman–Crippen LogP) is 4.59. The van der Waals surface area contributed by atoms with E-state index >= 15 is 0 Å². The maximum atomic E-state index is 13.9. The van der Waals surface area contributed by atoms with Gasteiger partial charge >= 0.3 is 6.18 Å². The second-order valence-corrected chi connectivity index (χ2v) is 5.51. The van der Waals surface area contributed by atoms with Crippen LogP contribution in [0.15, 0.2) is 12.1 Å². The van der Waals surface area contributed by atoms with Crippen molar-refractivity contribution in [3.05, 3.63) is 34.6 Å². The fourth-order valence-corrected chi connectivity index (χ4v) is 2.13. The van der Waals surface area contributed by atoms with Crippen molar-refractivity contribution in [1.82, 2.24) is 0 Å². The molecule has 0 fully saturated rings. The molecule has 0 aliphatic heterocycles. The molecule has 6 heteroatoms. The van der Waals surface area contributed by atoms with Crippen LogP contribution in [-0.2, 0) is 12.6 Å². The van der Waals surface area contributed by atoms with Gasteiger partial charge in [0, 0.05) is 6.04 Å². The molecule has 0 spiro atoms. The Morgan fingerprint density at radius 2 is 1.81 bits per heavy atom. The Labute approximate surface area is 121 Å². The van der Waals surface area contributed by atoms with E-state index in [1.54, 1.807) is 13.8 Å². The SMILES string of the molecule is CC(C)c1cc(CCC[C@@H](N)CF)cc(C(F)(F)F)c1F. The smallest absolute Gasteiger partial charge is 0.325 e. The number of nitrogens with two attached hydrogens (primary N) is 1. The minimum atomic E-state index is -4.72. The molecule has 1 atom stereocenters. The third-order valence-corrected chi connectivity index (χ3v) is 3.33. The molecule has 1 aromatic rings. The molecule has 0 radical (unpaired) electrons. The van der Waals surface area contributed by atoms with Crippen molar-refractivity contribution >= 4 is 0 Å². The third-order valence-electron chi connectivity index (χ3n) is 3.33. The standard InChI is InChI=1S/C15H20F5N/c1-9(2)12-6-10(4-3-5-11(21)8-16)7-13(14(12)17)15(18,19)20/h6-7,9,11H,3-5,8,21H2,1-2H3/t11-/m1/s1. The second kappa shape index (κ2) is 7.20. The molecule has 1 nitrogen and oxygen atoms in total. The number of aryl methyl sites for hydroxylation is 1. The molecule has 0 aromatic heterocycles.